The molecule has 2 aromatic rings. The number of nitrogens with two attached hydrogens (primary N) is 1. The number of hydrogen-bond donors (Lipinski definition) is 1. The van der Waals surface area contributed by atoms with E-state index in [1.54, 1.807) is 0 Å². The van der Waals surface area contributed by atoms with E-state index in [1.165, 1.54) is 42.5 Å². The molecule has 8 heteroatoms. The summed E-state index contributed by atoms with van der Waals surface area (Å²) < 4.78 is 55.3. The highest BCUT2D eigenvalue weighted by Crippen LogP contribution is 2.16. The fraction of sp³-hybridized carbons (Fsp3) is 0.294. The van der Waals surface area contributed by atoms with E-state index < -0.39 is 21.7 Å². The van der Waals surface area contributed by atoms with Gasteiger partial charge in [0.25, 0.3) is 0 Å². The molecule has 0 aliphatic heterocycles. The maximum atomic E-state index is 13.7. The first-order valence-electron chi connectivity index (χ1n) is 7.72. The van der Waals surface area contributed by atoms with E-state index >= 15 is 0 Å². The summed E-state index contributed by atoms with van der Waals surface area (Å²) in [5.41, 5.74) is 0.0295. The van der Waals surface area contributed by atoms with Crippen molar-refractivity contribution in [1.82, 2.24) is 4.90 Å². The van der Waals surface area contributed by atoms with Crippen molar-refractivity contribution in [3.8, 4) is 5.75 Å². The van der Waals surface area contributed by atoms with Gasteiger partial charge in [0.15, 0.2) is 0 Å². The molecule has 0 radical (unpaired) electrons. The van der Waals surface area contributed by atoms with Gasteiger partial charge in [0, 0.05) is 18.7 Å². The minimum atomic E-state index is -3.74. The molecule has 0 unspecified atom stereocenters. The van der Waals surface area contributed by atoms with Crippen molar-refractivity contribution in [2.45, 2.75) is 18.4 Å². The van der Waals surface area contributed by atoms with Gasteiger partial charge in [-0.3, -0.25) is 4.90 Å². The first-order chi connectivity index (χ1) is 11.8. The van der Waals surface area contributed by atoms with Crippen LogP contribution in [0.15, 0.2) is 47.4 Å². The Labute approximate surface area is 146 Å². The molecule has 2 rings (SSSR count). The van der Waals surface area contributed by atoms with Crippen molar-refractivity contribution >= 4 is 10.0 Å². The molecule has 0 fully saturated rings. The maximum absolute atomic E-state index is 13.7. The van der Waals surface area contributed by atoms with Gasteiger partial charge in [0.05, 0.1) is 4.90 Å². The Morgan fingerprint density at radius 1 is 1.08 bits per heavy atom. The van der Waals surface area contributed by atoms with Crippen LogP contribution < -0.4 is 9.88 Å². The van der Waals surface area contributed by atoms with E-state index in [4.69, 9.17) is 9.88 Å². The lowest BCUT2D eigenvalue weighted by Gasteiger charge is -2.21. The number of nitrogens with zero attached hydrogens (tertiary/aromatic N) is 1. The van der Waals surface area contributed by atoms with Crippen LogP contribution in [0.1, 0.15) is 12.5 Å². The van der Waals surface area contributed by atoms with Crippen LogP contribution in [0.4, 0.5) is 8.78 Å². The van der Waals surface area contributed by atoms with Crippen LogP contribution >= 0.6 is 0 Å². The van der Waals surface area contributed by atoms with Gasteiger partial charge in [0.1, 0.15) is 24.0 Å². The molecule has 0 aliphatic carbocycles. The molecule has 25 heavy (non-hydrogen) atoms. The van der Waals surface area contributed by atoms with E-state index in [0.717, 1.165) is 0 Å². The number of likely N-dealkylation sites (N-methyl/N-ethyl adjacent to an activating group) is 1. The Hall–Kier alpha value is -2.03. The standard InChI is InChI=1S/C17H20F2N2O3S/c1-2-21(12-15-16(18)4-3-5-17(15)19)10-11-24-13-6-8-14(9-7-13)25(20,22)23/h3-9H,2,10-12H2,1H3,(H2,20,22,23). The molecular formula is C17H20F2N2O3S. The monoisotopic (exact) mass is 370 g/mol. The highest BCUT2D eigenvalue weighted by Gasteiger charge is 2.13. The van der Waals surface area contributed by atoms with Crippen LogP contribution in [0.5, 0.6) is 5.75 Å². The van der Waals surface area contributed by atoms with E-state index in [2.05, 4.69) is 0 Å². The summed E-state index contributed by atoms with van der Waals surface area (Å²) in [5, 5.41) is 5.03. The van der Waals surface area contributed by atoms with Gasteiger partial charge in [-0.1, -0.05) is 13.0 Å². The molecule has 0 amide bonds. The summed E-state index contributed by atoms with van der Waals surface area (Å²) in [7, 11) is -3.74. The SMILES string of the molecule is CCN(CCOc1ccc(S(N)(=O)=O)cc1)Cc1c(F)cccc1F. The molecule has 0 aliphatic rings. The van der Waals surface area contributed by atoms with Crippen LogP contribution in [0.3, 0.4) is 0 Å². The average molecular weight is 370 g/mol. The second-order valence-electron chi connectivity index (χ2n) is 5.43. The third-order valence-corrected chi connectivity index (χ3v) is 4.65. The Morgan fingerprint density at radius 2 is 1.68 bits per heavy atom. The van der Waals surface area contributed by atoms with Crippen molar-refractivity contribution in [3.63, 3.8) is 0 Å². The fourth-order valence-electron chi connectivity index (χ4n) is 2.27. The third kappa shape index (κ3) is 5.48. The molecule has 2 N–H and O–H groups in total. The topological polar surface area (TPSA) is 72.6 Å². The van der Waals surface area contributed by atoms with Crippen LogP contribution in [-0.2, 0) is 16.6 Å². The minimum Gasteiger partial charge on any atom is -0.492 e. The Balaban J connectivity index is 1.91. The molecule has 0 aromatic heterocycles. The molecule has 0 spiro atoms. The van der Waals surface area contributed by atoms with Crippen LogP contribution in [-0.4, -0.2) is 33.0 Å². The number of benzene rings is 2. The fourth-order valence-corrected chi connectivity index (χ4v) is 2.79. The summed E-state index contributed by atoms with van der Waals surface area (Å²) in [5.74, 6) is -0.656. The van der Waals surface area contributed by atoms with E-state index in [0.29, 0.717) is 25.4 Å². The number of ether oxygens (including phenoxy) is 1. The molecule has 2 aromatic carbocycles. The molecule has 136 valence electrons. The van der Waals surface area contributed by atoms with Gasteiger partial charge in [-0.2, -0.15) is 0 Å². The number of primary sulfonamides is 1. The summed E-state index contributed by atoms with van der Waals surface area (Å²) in [4.78, 5) is 1.85. The Kier molecular flexibility index (Phi) is 6.46. The van der Waals surface area contributed by atoms with Gasteiger partial charge in [0.2, 0.25) is 10.0 Å². The molecule has 0 saturated heterocycles. The Bertz CT molecular complexity index is 791. The van der Waals surface area contributed by atoms with E-state index in [1.807, 2.05) is 11.8 Å². The van der Waals surface area contributed by atoms with Gasteiger partial charge in [-0.25, -0.2) is 22.3 Å². The zero-order valence-electron chi connectivity index (χ0n) is 13.8. The minimum absolute atomic E-state index is 0.00469. The van der Waals surface area contributed by atoms with E-state index in [-0.39, 0.29) is 17.0 Å². The number of halogens is 2. The molecular weight excluding hydrogens is 350 g/mol. The average Bonchev–Trinajstić information content (AvgIpc) is 2.56. The Morgan fingerprint density at radius 3 is 2.20 bits per heavy atom. The first kappa shape index (κ1) is 19.3. The van der Waals surface area contributed by atoms with Gasteiger partial charge in [-0.05, 0) is 42.9 Å². The molecule has 5 nitrogen and oxygen atoms in total. The summed E-state index contributed by atoms with van der Waals surface area (Å²) in [6, 6.07) is 9.53. The second-order valence-corrected chi connectivity index (χ2v) is 7.00. The normalized spacial score (nSPS) is 11.7. The zero-order valence-corrected chi connectivity index (χ0v) is 14.6. The quantitative estimate of drug-likeness (QED) is 0.775. The van der Waals surface area contributed by atoms with Crippen LogP contribution in [0.2, 0.25) is 0 Å². The highest BCUT2D eigenvalue weighted by molar-refractivity contribution is 7.89. The van der Waals surface area contributed by atoms with Crippen molar-refractivity contribution in [1.29, 1.82) is 0 Å². The lowest BCUT2D eigenvalue weighted by molar-refractivity contribution is 0.206. The molecule has 0 bridgehead atoms. The molecule has 0 atom stereocenters. The van der Waals surface area contributed by atoms with Crippen molar-refractivity contribution in [2.75, 3.05) is 19.7 Å². The summed E-state index contributed by atoms with van der Waals surface area (Å²) in [6.45, 7) is 3.38. The van der Waals surface area contributed by atoms with Gasteiger partial charge in [-0.15, -0.1) is 0 Å². The van der Waals surface area contributed by atoms with Crippen LogP contribution in [0.25, 0.3) is 0 Å². The number of rotatable bonds is 8. The zero-order chi connectivity index (χ0) is 18.4. The molecule has 0 saturated carbocycles. The maximum Gasteiger partial charge on any atom is 0.238 e. The number of sulfonamides is 1. The lowest BCUT2D eigenvalue weighted by atomic mass is 10.2. The predicted octanol–water partition coefficient (Wildman–Crippen LogP) is 2.51. The van der Waals surface area contributed by atoms with Gasteiger partial charge >= 0.3 is 0 Å². The van der Waals surface area contributed by atoms with Gasteiger partial charge < -0.3 is 4.74 Å². The van der Waals surface area contributed by atoms with Crippen molar-refractivity contribution in [2.24, 2.45) is 5.14 Å². The van der Waals surface area contributed by atoms with Crippen LogP contribution in [0, 0.1) is 11.6 Å². The smallest absolute Gasteiger partial charge is 0.238 e. The highest BCUT2D eigenvalue weighted by atomic mass is 32.2. The lowest BCUT2D eigenvalue weighted by Crippen LogP contribution is -2.28. The summed E-state index contributed by atoms with van der Waals surface area (Å²) >= 11 is 0. The number of hydrogen-bond acceptors (Lipinski definition) is 4. The second kappa shape index (κ2) is 8.37. The third-order valence-electron chi connectivity index (χ3n) is 3.72. The molecule has 0 heterocycles. The van der Waals surface area contributed by atoms with E-state index in [9.17, 15) is 17.2 Å². The largest absolute Gasteiger partial charge is 0.492 e. The van der Waals surface area contributed by atoms with Crippen molar-refractivity contribution in [3.05, 3.63) is 59.7 Å². The predicted molar refractivity (Wildman–Crippen MR) is 90.6 cm³/mol. The van der Waals surface area contributed by atoms with Crippen molar-refractivity contribution < 1.29 is 21.9 Å². The summed E-state index contributed by atoms with van der Waals surface area (Å²) in [6.07, 6.45) is 0. The first-order valence-corrected chi connectivity index (χ1v) is 9.26.